The van der Waals surface area contributed by atoms with Crippen LogP contribution in [0.2, 0.25) is 15.1 Å². The molecular weight excluding hydrogens is 286 g/mol. The van der Waals surface area contributed by atoms with Crippen LogP contribution in [0.4, 0.5) is 5.69 Å². The second kappa shape index (κ2) is 5.14. The van der Waals surface area contributed by atoms with E-state index < -0.39 is 0 Å². The van der Waals surface area contributed by atoms with Crippen LogP contribution in [0.1, 0.15) is 0 Å². The second-order valence-electron chi connectivity index (χ2n) is 1.86. The Bertz CT molecular complexity index is 280. The molecule has 0 aromatic heterocycles. The topological polar surface area (TPSA) is 38.0 Å². The number of nitrogens with one attached hydrogen (secondary N) is 1. The summed E-state index contributed by atoms with van der Waals surface area (Å²) in [4.78, 5) is 0. The van der Waals surface area contributed by atoms with Crippen LogP contribution in [-0.4, -0.2) is 0 Å². The highest BCUT2D eigenvalue weighted by Gasteiger charge is 2.06. The molecular formula is C6H6BrCl3N2. The maximum atomic E-state index is 5.74. The highest BCUT2D eigenvalue weighted by molar-refractivity contribution is 8.93. The molecule has 0 radical (unpaired) electrons. The first-order valence-electron chi connectivity index (χ1n) is 2.77. The van der Waals surface area contributed by atoms with Gasteiger partial charge in [0.05, 0.1) is 20.8 Å². The summed E-state index contributed by atoms with van der Waals surface area (Å²) in [6.45, 7) is 0. The summed E-state index contributed by atoms with van der Waals surface area (Å²) in [6.07, 6.45) is 0. The minimum Gasteiger partial charge on any atom is -0.321 e. The molecule has 0 fully saturated rings. The van der Waals surface area contributed by atoms with Crippen LogP contribution in [0.25, 0.3) is 0 Å². The normalized spacial score (nSPS) is 9.00. The van der Waals surface area contributed by atoms with Gasteiger partial charge in [-0.25, -0.2) is 0 Å². The molecule has 1 aromatic carbocycles. The van der Waals surface area contributed by atoms with Gasteiger partial charge in [0.15, 0.2) is 0 Å². The summed E-state index contributed by atoms with van der Waals surface area (Å²) in [5, 5.41) is 1.20. The van der Waals surface area contributed by atoms with Crippen molar-refractivity contribution in [2.45, 2.75) is 0 Å². The molecule has 6 heteroatoms. The van der Waals surface area contributed by atoms with Gasteiger partial charge in [-0.05, 0) is 12.1 Å². The zero-order chi connectivity index (χ0) is 8.43. The molecule has 12 heavy (non-hydrogen) atoms. The first kappa shape index (κ1) is 12.3. The molecule has 0 heterocycles. The third-order valence-corrected chi connectivity index (χ3v) is 2.31. The molecule has 0 spiro atoms. The molecule has 0 atom stereocenters. The maximum Gasteiger partial charge on any atom is 0.0876 e. The van der Waals surface area contributed by atoms with Crippen molar-refractivity contribution in [1.82, 2.24) is 0 Å². The van der Waals surface area contributed by atoms with Crippen molar-refractivity contribution in [2.24, 2.45) is 5.84 Å². The van der Waals surface area contributed by atoms with Crippen LogP contribution >= 0.6 is 51.8 Å². The Balaban J connectivity index is 0.00000121. The third-order valence-electron chi connectivity index (χ3n) is 1.19. The van der Waals surface area contributed by atoms with Gasteiger partial charge in [0.25, 0.3) is 0 Å². The van der Waals surface area contributed by atoms with Crippen LogP contribution < -0.4 is 11.3 Å². The van der Waals surface area contributed by atoms with E-state index in [0.29, 0.717) is 20.8 Å². The number of hydrogen-bond acceptors (Lipinski definition) is 2. The molecule has 0 saturated carbocycles. The molecule has 0 saturated heterocycles. The average Bonchev–Trinajstić information content (AvgIpc) is 1.99. The monoisotopic (exact) mass is 290 g/mol. The molecule has 0 bridgehead atoms. The Labute approximate surface area is 95.7 Å². The molecule has 0 aliphatic carbocycles. The lowest BCUT2D eigenvalue weighted by Crippen LogP contribution is -2.07. The van der Waals surface area contributed by atoms with E-state index in [4.69, 9.17) is 40.6 Å². The smallest absolute Gasteiger partial charge is 0.0876 e. The van der Waals surface area contributed by atoms with Crippen LogP contribution in [0, 0.1) is 0 Å². The SMILES string of the molecule is Br.NNc1c(Cl)ccc(Cl)c1Cl. The van der Waals surface area contributed by atoms with Crippen LogP contribution in [0.5, 0.6) is 0 Å². The predicted octanol–water partition coefficient (Wildman–Crippen LogP) is 3.51. The minimum absolute atomic E-state index is 0. The Kier molecular flexibility index (Phi) is 5.29. The maximum absolute atomic E-state index is 5.74. The highest BCUT2D eigenvalue weighted by Crippen LogP contribution is 2.34. The second-order valence-corrected chi connectivity index (χ2v) is 3.05. The average molecular weight is 292 g/mol. The zero-order valence-corrected chi connectivity index (χ0v) is 9.76. The van der Waals surface area contributed by atoms with Crippen molar-refractivity contribution in [3.05, 3.63) is 27.2 Å². The first-order chi connectivity index (χ1) is 5.16. The summed E-state index contributed by atoms with van der Waals surface area (Å²) in [6, 6.07) is 3.22. The largest absolute Gasteiger partial charge is 0.321 e. The van der Waals surface area contributed by atoms with Crippen LogP contribution in [-0.2, 0) is 0 Å². The summed E-state index contributed by atoms with van der Waals surface area (Å²) in [5.74, 6) is 5.14. The van der Waals surface area contributed by atoms with E-state index in [1.807, 2.05) is 0 Å². The Morgan fingerprint density at radius 1 is 1.08 bits per heavy atom. The number of halogens is 4. The number of anilines is 1. The Morgan fingerprint density at radius 2 is 1.58 bits per heavy atom. The Hall–Kier alpha value is 0.330. The van der Waals surface area contributed by atoms with Gasteiger partial charge in [0.2, 0.25) is 0 Å². The van der Waals surface area contributed by atoms with E-state index in [9.17, 15) is 0 Å². The van der Waals surface area contributed by atoms with Gasteiger partial charge < -0.3 is 5.43 Å². The van der Waals surface area contributed by atoms with E-state index in [-0.39, 0.29) is 17.0 Å². The van der Waals surface area contributed by atoms with E-state index in [0.717, 1.165) is 0 Å². The van der Waals surface area contributed by atoms with Crippen molar-refractivity contribution >= 4 is 57.5 Å². The Morgan fingerprint density at radius 3 is 2.00 bits per heavy atom. The van der Waals surface area contributed by atoms with Gasteiger partial charge in [-0.2, -0.15) is 0 Å². The number of nitrogen functional groups attached to an aromatic ring is 1. The van der Waals surface area contributed by atoms with Crippen molar-refractivity contribution in [3.63, 3.8) is 0 Å². The quantitative estimate of drug-likeness (QED) is 0.472. The lowest BCUT2D eigenvalue weighted by molar-refractivity contribution is 1.35. The van der Waals surface area contributed by atoms with E-state index in [1.54, 1.807) is 12.1 Å². The number of hydrazine groups is 1. The minimum atomic E-state index is 0. The van der Waals surface area contributed by atoms with Gasteiger partial charge in [0.1, 0.15) is 0 Å². The van der Waals surface area contributed by atoms with Crippen molar-refractivity contribution in [1.29, 1.82) is 0 Å². The highest BCUT2D eigenvalue weighted by atomic mass is 79.9. The molecule has 2 nitrogen and oxygen atoms in total. The lowest BCUT2D eigenvalue weighted by Gasteiger charge is -2.05. The van der Waals surface area contributed by atoms with E-state index >= 15 is 0 Å². The summed E-state index contributed by atoms with van der Waals surface area (Å²) >= 11 is 17.1. The fraction of sp³-hybridized carbons (Fsp3) is 0. The van der Waals surface area contributed by atoms with Crippen LogP contribution in [0.3, 0.4) is 0 Å². The molecule has 68 valence electrons. The third kappa shape index (κ3) is 2.41. The first-order valence-corrected chi connectivity index (χ1v) is 3.90. The molecule has 0 unspecified atom stereocenters. The van der Waals surface area contributed by atoms with E-state index in [1.165, 1.54) is 0 Å². The molecule has 3 N–H and O–H groups in total. The number of hydrogen-bond donors (Lipinski definition) is 2. The molecule has 1 aromatic rings. The van der Waals surface area contributed by atoms with Crippen molar-refractivity contribution in [3.8, 4) is 0 Å². The molecule has 0 aliphatic rings. The lowest BCUT2D eigenvalue weighted by atomic mass is 10.3. The number of benzene rings is 1. The fourth-order valence-corrected chi connectivity index (χ4v) is 1.30. The standard InChI is InChI=1S/C6H5Cl3N2.BrH/c7-3-1-2-4(8)6(11-10)5(3)9;/h1-2,11H,10H2;1H. The summed E-state index contributed by atoms with van der Waals surface area (Å²) < 4.78 is 0. The van der Waals surface area contributed by atoms with Gasteiger partial charge in [-0.3, -0.25) is 5.84 Å². The molecule has 0 aliphatic heterocycles. The van der Waals surface area contributed by atoms with Gasteiger partial charge in [-0.15, -0.1) is 17.0 Å². The zero-order valence-electron chi connectivity index (χ0n) is 5.77. The van der Waals surface area contributed by atoms with E-state index in [2.05, 4.69) is 5.43 Å². The molecule has 0 amide bonds. The van der Waals surface area contributed by atoms with Crippen molar-refractivity contribution < 1.29 is 0 Å². The predicted molar refractivity (Wildman–Crippen MR) is 59.6 cm³/mol. The van der Waals surface area contributed by atoms with Gasteiger partial charge in [0, 0.05) is 0 Å². The number of nitrogens with two attached hydrogens (primary N) is 1. The van der Waals surface area contributed by atoms with Crippen molar-refractivity contribution in [2.75, 3.05) is 5.43 Å². The summed E-state index contributed by atoms with van der Waals surface area (Å²) in [5.41, 5.74) is 2.80. The fourth-order valence-electron chi connectivity index (χ4n) is 0.659. The van der Waals surface area contributed by atoms with Crippen LogP contribution in [0.15, 0.2) is 12.1 Å². The number of rotatable bonds is 1. The summed E-state index contributed by atoms with van der Waals surface area (Å²) in [7, 11) is 0. The van der Waals surface area contributed by atoms with Gasteiger partial charge in [-0.1, -0.05) is 34.8 Å². The van der Waals surface area contributed by atoms with Gasteiger partial charge >= 0.3 is 0 Å². The molecule has 1 rings (SSSR count).